The monoisotopic (exact) mass is 357 g/mol. The fraction of sp³-hybridized carbons (Fsp3) is 0.235. The molecule has 0 amide bonds. The molecule has 0 aromatic heterocycles. The highest BCUT2D eigenvalue weighted by Gasteiger charge is 2.19. The summed E-state index contributed by atoms with van der Waals surface area (Å²) in [5, 5.41) is 26.4. The van der Waals surface area contributed by atoms with Crippen molar-refractivity contribution < 1.29 is 9.85 Å². The molecule has 0 saturated heterocycles. The van der Waals surface area contributed by atoms with Crippen LogP contribution < -0.4 is 5.43 Å². The molecular weight excluding hydrogens is 338 g/mol. The minimum Gasteiger partial charge on any atom is -0.309 e. The van der Waals surface area contributed by atoms with Gasteiger partial charge in [0.1, 0.15) is 5.69 Å². The summed E-state index contributed by atoms with van der Waals surface area (Å²) in [6.45, 7) is 0.748. The molecule has 136 valence electrons. The van der Waals surface area contributed by atoms with Crippen LogP contribution in [-0.2, 0) is 0 Å². The molecule has 0 fully saturated rings. The van der Waals surface area contributed by atoms with Crippen LogP contribution in [0.2, 0.25) is 0 Å². The highest BCUT2D eigenvalue weighted by atomic mass is 16.6. The molecule has 9 nitrogen and oxygen atoms in total. The third kappa shape index (κ3) is 5.08. The average Bonchev–Trinajstić information content (AvgIpc) is 2.62. The zero-order valence-corrected chi connectivity index (χ0v) is 14.5. The Morgan fingerprint density at radius 3 is 2.35 bits per heavy atom. The van der Waals surface area contributed by atoms with Gasteiger partial charge in [0.15, 0.2) is 0 Å². The summed E-state index contributed by atoms with van der Waals surface area (Å²) >= 11 is 0. The first-order valence-electron chi connectivity index (χ1n) is 7.84. The smallest absolute Gasteiger partial charge is 0.301 e. The normalized spacial score (nSPS) is 11.4. The standard InChI is InChI=1S/C17H19N5O4/c1-20(2)11-10-15(13-6-4-3-5-7-13)18-19-16-9-8-14(21(23)24)12-17(16)22(25)26/h3-9,12,19H,10-11H2,1-2H3. The van der Waals surface area contributed by atoms with Gasteiger partial charge in [-0.15, -0.1) is 0 Å². The van der Waals surface area contributed by atoms with Crippen LogP contribution in [-0.4, -0.2) is 41.1 Å². The van der Waals surface area contributed by atoms with Gasteiger partial charge in [-0.25, -0.2) is 0 Å². The zero-order valence-electron chi connectivity index (χ0n) is 14.5. The second-order valence-electron chi connectivity index (χ2n) is 5.81. The van der Waals surface area contributed by atoms with Gasteiger partial charge < -0.3 is 4.90 Å². The number of nitrogens with one attached hydrogen (secondary N) is 1. The number of hydrazone groups is 1. The molecule has 0 saturated carbocycles. The number of hydrogen-bond acceptors (Lipinski definition) is 7. The van der Waals surface area contributed by atoms with E-state index in [9.17, 15) is 20.2 Å². The quantitative estimate of drug-likeness (QED) is 0.440. The molecule has 0 aliphatic heterocycles. The first kappa shape index (κ1) is 19.0. The molecule has 0 unspecified atom stereocenters. The van der Waals surface area contributed by atoms with Crippen LogP contribution in [0.1, 0.15) is 12.0 Å². The van der Waals surface area contributed by atoms with E-state index in [-0.39, 0.29) is 11.4 Å². The van der Waals surface area contributed by atoms with E-state index in [0.717, 1.165) is 23.9 Å². The van der Waals surface area contributed by atoms with E-state index in [1.165, 1.54) is 12.1 Å². The minimum atomic E-state index is -0.674. The number of rotatable bonds is 8. The molecule has 1 N–H and O–H groups in total. The van der Waals surface area contributed by atoms with Gasteiger partial charge in [0.2, 0.25) is 0 Å². The first-order chi connectivity index (χ1) is 12.4. The van der Waals surface area contributed by atoms with Crippen LogP contribution >= 0.6 is 0 Å². The lowest BCUT2D eigenvalue weighted by molar-refractivity contribution is -0.393. The predicted molar refractivity (Wildman–Crippen MR) is 99.5 cm³/mol. The third-order valence-corrected chi connectivity index (χ3v) is 3.60. The number of hydrogen-bond donors (Lipinski definition) is 1. The van der Waals surface area contributed by atoms with Crippen LogP contribution in [0.25, 0.3) is 0 Å². The van der Waals surface area contributed by atoms with Gasteiger partial charge >= 0.3 is 5.69 Å². The van der Waals surface area contributed by atoms with E-state index in [2.05, 4.69) is 10.5 Å². The van der Waals surface area contributed by atoms with E-state index in [0.29, 0.717) is 6.42 Å². The van der Waals surface area contributed by atoms with E-state index in [4.69, 9.17) is 0 Å². The van der Waals surface area contributed by atoms with Crippen molar-refractivity contribution in [3.05, 3.63) is 74.3 Å². The van der Waals surface area contributed by atoms with Gasteiger partial charge in [-0.3, -0.25) is 25.7 Å². The predicted octanol–water partition coefficient (Wildman–Crippen LogP) is 3.27. The number of nitrogens with zero attached hydrogens (tertiary/aromatic N) is 4. The van der Waals surface area contributed by atoms with Gasteiger partial charge in [0.25, 0.3) is 5.69 Å². The Kier molecular flexibility index (Phi) is 6.34. The van der Waals surface area contributed by atoms with Crippen molar-refractivity contribution in [3.63, 3.8) is 0 Å². The van der Waals surface area contributed by atoms with Crippen LogP contribution in [0.15, 0.2) is 53.6 Å². The highest BCUT2D eigenvalue weighted by Crippen LogP contribution is 2.29. The Morgan fingerprint density at radius 2 is 1.77 bits per heavy atom. The molecule has 2 rings (SSSR count). The van der Waals surface area contributed by atoms with Gasteiger partial charge in [-0.2, -0.15) is 5.10 Å². The van der Waals surface area contributed by atoms with Crippen molar-refractivity contribution in [2.24, 2.45) is 5.10 Å². The summed E-state index contributed by atoms with van der Waals surface area (Å²) in [6, 6.07) is 12.9. The van der Waals surface area contributed by atoms with Crippen molar-refractivity contribution in [1.29, 1.82) is 0 Å². The second kappa shape index (κ2) is 8.67. The Hall–Kier alpha value is -3.33. The highest BCUT2D eigenvalue weighted by molar-refractivity contribution is 6.01. The van der Waals surface area contributed by atoms with E-state index in [1.54, 1.807) is 0 Å². The Labute approximate surface area is 150 Å². The maximum atomic E-state index is 11.2. The molecule has 0 atom stereocenters. The van der Waals surface area contributed by atoms with E-state index in [1.807, 2.05) is 49.3 Å². The van der Waals surface area contributed by atoms with Crippen LogP contribution in [0.5, 0.6) is 0 Å². The van der Waals surface area contributed by atoms with Gasteiger partial charge in [-0.05, 0) is 25.7 Å². The Balaban J connectivity index is 2.33. The van der Waals surface area contributed by atoms with E-state index >= 15 is 0 Å². The van der Waals surface area contributed by atoms with Crippen molar-refractivity contribution in [2.75, 3.05) is 26.1 Å². The summed E-state index contributed by atoms with van der Waals surface area (Å²) in [6.07, 6.45) is 0.630. The lowest BCUT2D eigenvalue weighted by Gasteiger charge is -2.12. The van der Waals surface area contributed by atoms with Crippen molar-refractivity contribution >= 4 is 22.8 Å². The largest absolute Gasteiger partial charge is 0.309 e. The van der Waals surface area contributed by atoms with Crippen molar-refractivity contribution in [2.45, 2.75) is 6.42 Å². The molecule has 9 heteroatoms. The molecule has 0 bridgehead atoms. The molecule has 0 aliphatic carbocycles. The topological polar surface area (TPSA) is 114 Å². The lowest BCUT2D eigenvalue weighted by atomic mass is 10.1. The van der Waals surface area contributed by atoms with Crippen LogP contribution in [0, 0.1) is 20.2 Å². The lowest BCUT2D eigenvalue weighted by Crippen LogP contribution is -2.18. The van der Waals surface area contributed by atoms with Gasteiger partial charge in [0.05, 0.1) is 21.6 Å². The zero-order chi connectivity index (χ0) is 19.1. The second-order valence-corrected chi connectivity index (χ2v) is 5.81. The Bertz CT molecular complexity index is 821. The summed E-state index contributed by atoms with van der Waals surface area (Å²) in [5.74, 6) is 0. The summed E-state index contributed by atoms with van der Waals surface area (Å²) in [5.41, 5.74) is 3.66. The molecular formula is C17H19N5O4. The fourth-order valence-electron chi connectivity index (χ4n) is 2.23. The molecule has 2 aromatic rings. The van der Waals surface area contributed by atoms with Gasteiger partial charge in [0, 0.05) is 19.0 Å². The van der Waals surface area contributed by atoms with Crippen molar-refractivity contribution in [3.8, 4) is 0 Å². The SMILES string of the molecule is CN(C)CCC(=NNc1ccc([N+](=O)[O-])cc1[N+](=O)[O-])c1ccccc1. The Morgan fingerprint density at radius 1 is 1.08 bits per heavy atom. The molecule has 2 aromatic carbocycles. The minimum absolute atomic E-state index is 0.0962. The summed E-state index contributed by atoms with van der Waals surface area (Å²) < 4.78 is 0. The van der Waals surface area contributed by atoms with E-state index < -0.39 is 15.5 Å². The number of nitro groups is 2. The molecule has 0 radical (unpaired) electrons. The number of non-ortho nitro benzene ring substituents is 1. The summed E-state index contributed by atoms with van der Waals surface area (Å²) in [7, 11) is 3.88. The first-order valence-corrected chi connectivity index (χ1v) is 7.84. The fourth-order valence-corrected chi connectivity index (χ4v) is 2.23. The number of benzene rings is 2. The molecule has 0 spiro atoms. The maximum Gasteiger partial charge on any atom is 0.301 e. The van der Waals surface area contributed by atoms with Crippen LogP contribution in [0.3, 0.4) is 0 Å². The molecule has 26 heavy (non-hydrogen) atoms. The number of anilines is 1. The number of nitro benzene ring substituents is 2. The average molecular weight is 357 g/mol. The molecule has 0 heterocycles. The van der Waals surface area contributed by atoms with Crippen LogP contribution in [0.4, 0.5) is 17.1 Å². The maximum absolute atomic E-state index is 11.2. The van der Waals surface area contributed by atoms with Crippen molar-refractivity contribution in [1.82, 2.24) is 4.90 Å². The third-order valence-electron chi connectivity index (χ3n) is 3.60. The van der Waals surface area contributed by atoms with Gasteiger partial charge in [-0.1, -0.05) is 30.3 Å². The summed E-state index contributed by atoms with van der Waals surface area (Å²) in [4.78, 5) is 22.7. The molecule has 0 aliphatic rings.